The molecule has 2 heterocycles. The lowest BCUT2D eigenvalue weighted by molar-refractivity contribution is -0.124. The van der Waals surface area contributed by atoms with E-state index in [1.54, 1.807) is 6.92 Å². The third-order valence-electron chi connectivity index (χ3n) is 7.25. The summed E-state index contributed by atoms with van der Waals surface area (Å²) in [5.74, 6) is -0.155. The lowest BCUT2D eigenvalue weighted by Gasteiger charge is -2.29. The van der Waals surface area contributed by atoms with Crippen LogP contribution < -0.4 is 20.1 Å². The molecule has 202 valence electrons. The molecule has 38 heavy (non-hydrogen) atoms. The molecule has 2 amide bonds. The first kappa shape index (κ1) is 25.9. The Labute approximate surface area is 219 Å². The number of ether oxygens (including phenoxy) is 2. The molecule has 2 aliphatic carbocycles. The lowest BCUT2D eigenvalue weighted by Crippen LogP contribution is -2.44. The molecule has 5 rings (SSSR count). The molecule has 3 aromatic rings. The van der Waals surface area contributed by atoms with Crippen LogP contribution in [0.25, 0.3) is 22.3 Å². The van der Waals surface area contributed by atoms with E-state index in [1.165, 1.54) is 25.6 Å². The van der Waals surface area contributed by atoms with Gasteiger partial charge in [0.1, 0.15) is 29.9 Å². The molecule has 0 saturated heterocycles. The molecular weight excluding hydrogens is 493 g/mol. The van der Waals surface area contributed by atoms with Crippen molar-refractivity contribution >= 4 is 22.8 Å². The number of carbonyl (C=O) groups excluding carboxylic acids is 2. The van der Waals surface area contributed by atoms with Gasteiger partial charge in [-0.1, -0.05) is 0 Å². The van der Waals surface area contributed by atoms with Gasteiger partial charge in [0.15, 0.2) is 11.6 Å². The first-order chi connectivity index (χ1) is 18.4. The van der Waals surface area contributed by atoms with Crippen LogP contribution in [-0.2, 0) is 4.79 Å². The van der Waals surface area contributed by atoms with Gasteiger partial charge in [0.25, 0.3) is 5.91 Å². The number of hydrogen-bond acceptors (Lipinski definition) is 7. The highest BCUT2D eigenvalue weighted by molar-refractivity contribution is 6.09. The Morgan fingerprint density at radius 1 is 1.08 bits per heavy atom. The fraction of sp³-hybridized carbons (Fsp3) is 0.481. The van der Waals surface area contributed by atoms with Crippen molar-refractivity contribution in [3.05, 3.63) is 35.5 Å². The number of aryl methyl sites for hydroxylation is 1. The summed E-state index contributed by atoms with van der Waals surface area (Å²) in [4.78, 5) is 36.9. The topological polar surface area (TPSA) is 138 Å². The molecule has 2 aromatic heterocycles. The summed E-state index contributed by atoms with van der Waals surface area (Å²) < 4.78 is 26.0. The Balaban J connectivity index is 1.40. The van der Waals surface area contributed by atoms with Gasteiger partial charge in [-0.15, -0.1) is 0 Å². The second-order valence-electron chi connectivity index (χ2n) is 10.1. The quantitative estimate of drug-likeness (QED) is 0.337. The maximum Gasteiger partial charge on any atom is 0.255 e. The van der Waals surface area contributed by atoms with E-state index < -0.39 is 12.4 Å². The van der Waals surface area contributed by atoms with Gasteiger partial charge < -0.3 is 30.2 Å². The highest BCUT2D eigenvalue weighted by atomic mass is 19.1. The number of aliphatic hydroxyl groups excluding tert-OH is 1. The third-order valence-corrected chi connectivity index (χ3v) is 7.25. The zero-order valence-electron chi connectivity index (χ0n) is 21.5. The Hall–Kier alpha value is -3.73. The zero-order valence-corrected chi connectivity index (χ0v) is 21.5. The highest BCUT2D eigenvalue weighted by Crippen LogP contribution is 2.39. The minimum Gasteiger partial charge on any atom is -0.494 e. The number of H-pyrrole nitrogens is 1. The molecule has 1 aromatic carbocycles. The van der Waals surface area contributed by atoms with Gasteiger partial charge >= 0.3 is 0 Å². The molecule has 2 saturated carbocycles. The third kappa shape index (κ3) is 5.42. The van der Waals surface area contributed by atoms with Crippen molar-refractivity contribution in [2.24, 2.45) is 5.92 Å². The Kier molecular flexibility index (Phi) is 7.46. The number of hydrogen-bond donors (Lipinski definition) is 4. The molecule has 0 atom stereocenters. The van der Waals surface area contributed by atoms with Crippen molar-refractivity contribution in [2.75, 3.05) is 20.3 Å². The number of aromatic amines is 1. The first-order valence-corrected chi connectivity index (χ1v) is 12.9. The van der Waals surface area contributed by atoms with E-state index in [4.69, 9.17) is 14.6 Å². The molecule has 2 aliphatic rings. The predicted molar refractivity (Wildman–Crippen MR) is 138 cm³/mol. The summed E-state index contributed by atoms with van der Waals surface area (Å²) in [6.45, 7) is 1.79. The number of amides is 2. The van der Waals surface area contributed by atoms with Crippen LogP contribution in [-0.4, -0.2) is 64.3 Å². The van der Waals surface area contributed by atoms with E-state index in [2.05, 4.69) is 25.6 Å². The Morgan fingerprint density at radius 3 is 2.45 bits per heavy atom. The van der Waals surface area contributed by atoms with Gasteiger partial charge in [0, 0.05) is 29.4 Å². The summed E-state index contributed by atoms with van der Waals surface area (Å²) in [7, 11) is 1.41. The minimum atomic E-state index is -0.542. The summed E-state index contributed by atoms with van der Waals surface area (Å²) in [6.07, 6.45) is 6.42. The number of benzene rings is 1. The van der Waals surface area contributed by atoms with E-state index in [0.717, 1.165) is 12.8 Å². The van der Waals surface area contributed by atoms with Crippen LogP contribution >= 0.6 is 0 Å². The second-order valence-corrected chi connectivity index (χ2v) is 10.1. The number of nitrogens with one attached hydrogen (secondary N) is 3. The molecule has 0 unspecified atom stereocenters. The van der Waals surface area contributed by atoms with Crippen LogP contribution in [0.4, 0.5) is 4.39 Å². The number of fused-ring (bicyclic) bond motifs is 1. The second kappa shape index (κ2) is 10.9. The first-order valence-electron chi connectivity index (χ1n) is 12.9. The van der Waals surface area contributed by atoms with Crippen LogP contribution in [0.3, 0.4) is 0 Å². The number of rotatable bonds is 9. The standard InChI is InChI=1S/C27H32FN5O5/c1-14-23(27(36)33-17-7-5-16(6-8-17)32-22(35)11-34)25-26(31-14)24(29-13-30-25)18-9-19(28)21(37-2)10-20(18)38-12-15-3-4-15/h9-10,13,15-17,31,34H,3-8,11-12H2,1-2H3,(H,32,35)(H,33,36). The number of methoxy groups -OCH3 is 1. The van der Waals surface area contributed by atoms with E-state index in [1.807, 2.05) is 0 Å². The van der Waals surface area contributed by atoms with Crippen molar-refractivity contribution in [1.29, 1.82) is 0 Å². The predicted octanol–water partition coefficient (Wildman–Crippen LogP) is 3.02. The van der Waals surface area contributed by atoms with Crippen molar-refractivity contribution in [1.82, 2.24) is 25.6 Å². The van der Waals surface area contributed by atoms with Crippen LogP contribution in [0.2, 0.25) is 0 Å². The number of carbonyl (C=O) groups is 2. The van der Waals surface area contributed by atoms with Gasteiger partial charge in [-0.25, -0.2) is 14.4 Å². The van der Waals surface area contributed by atoms with E-state index >= 15 is 0 Å². The average Bonchev–Trinajstić information content (AvgIpc) is 3.68. The van der Waals surface area contributed by atoms with Crippen LogP contribution in [0.15, 0.2) is 18.5 Å². The van der Waals surface area contributed by atoms with Gasteiger partial charge in [0.2, 0.25) is 5.91 Å². The van der Waals surface area contributed by atoms with E-state index in [9.17, 15) is 14.0 Å². The Bertz CT molecular complexity index is 1350. The molecule has 0 spiro atoms. The van der Waals surface area contributed by atoms with Crippen molar-refractivity contribution in [3.63, 3.8) is 0 Å². The number of aromatic nitrogens is 3. The highest BCUT2D eigenvalue weighted by Gasteiger charge is 2.28. The number of halogens is 1. The van der Waals surface area contributed by atoms with Gasteiger partial charge in [0.05, 0.1) is 24.8 Å². The molecule has 11 heteroatoms. The monoisotopic (exact) mass is 525 g/mol. The largest absolute Gasteiger partial charge is 0.494 e. The van der Waals surface area contributed by atoms with Crippen molar-refractivity contribution in [2.45, 2.75) is 57.5 Å². The van der Waals surface area contributed by atoms with Crippen LogP contribution in [0.1, 0.15) is 54.6 Å². The lowest BCUT2D eigenvalue weighted by atomic mass is 9.91. The van der Waals surface area contributed by atoms with Crippen LogP contribution in [0.5, 0.6) is 11.5 Å². The average molecular weight is 526 g/mol. The van der Waals surface area contributed by atoms with Crippen molar-refractivity contribution < 1.29 is 28.6 Å². The van der Waals surface area contributed by atoms with Crippen LogP contribution in [0, 0.1) is 18.7 Å². The summed E-state index contributed by atoms with van der Waals surface area (Å²) in [6, 6.07) is 2.82. The summed E-state index contributed by atoms with van der Waals surface area (Å²) >= 11 is 0. The number of aliphatic hydroxyl groups is 1. The molecule has 4 N–H and O–H groups in total. The van der Waals surface area contributed by atoms with Gasteiger partial charge in [-0.05, 0) is 57.4 Å². The summed E-state index contributed by atoms with van der Waals surface area (Å²) in [5, 5.41) is 14.8. The fourth-order valence-electron chi connectivity index (χ4n) is 5.00. The zero-order chi connectivity index (χ0) is 26.8. The normalized spacial score (nSPS) is 19.3. The molecule has 10 nitrogen and oxygen atoms in total. The molecule has 2 fully saturated rings. The smallest absolute Gasteiger partial charge is 0.255 e. The maximum absolute atomic E-state index is 14.8. The summed E-state index contributed by atoms with van der Waals surface area (Å²) in [5.41, 5.74) is 2.88. The SMILES string of the molecule is COc1cc(OCC2CC2)c(-c2ncnc3c(C(=O)NC4CCC(NC(=O)CO)CC4)c(C)[nH]c23)cc1F. The Morgan fingerprint density at radius 2 is 1.79 bits per heavy atom. The van der Waals surface area contributed by atoms with Gasteiger partial charge in [-0.2, -0.15) is 0 Å². The molecule has 0 radical (unpaired) electrons. The maximum atomic E-state index is 14.8. The molecule has 0 aliphatic heterocycles. The van der Waals surface area contributed by atoms with Gasteiger partial charge in [-0.3, -0.25) is 9.59 Å². The molecule has 0 bridgehead atoms. The van der Waals surface area contributed by atoms with E-state index in [0.29, 0.717) is 77.5 Å². The van der Waals surface area contributed by atoms with E-state index in [-0.39, 0.29) is 29.6 Å². The fourth-order valence-corrected chi connectivity index (χ4v) is 5.00. The number of nitrogens with zero attached hydrogens (tertiary/aromatic N) is 2. The molecular formula is C27H32FN5O5. The van der Waals surface area contributed by atoms with Crippen molar-refractivity contribution in [3.8, 4) is 22.8 Å². The minimum absolute atomic E-state index is 0.00542.